The van der Waals surface area contributed by atoms with Crippen molar-refractivity contribution >= 4 is 28.9 Å². The lowest BCUT2D eigenvalue weighted by atomic mass is 10.0. The molecule has 28 heavy (non-hydrogen) atoms. The summed E-state index contributed by atoms with van der Waals surface area (Å²) in [6.45, 7) is 0. The van der Waals surface area contributed by atoms with E-state index in [-0.39, 0.29) is 24.4 Å². The van der Waals surface area contributed by atoms with Crippen molar-refractivity contribution in [2.45, 2.75) is 18.9 Å². The van der Waals surface area contributed by atoms with Gasteiger partial charge in [0.05, 0.1) is 5.52 Å². The van der Waals surface area contributed by atoms with Crippen LogP contribution in [-0.2, 0) is 16.6 Å². The van der Waals surface area contributed by atoms with E-state index in [0.717, 1.165) is 11.1 Å². The first-order valence-corrected chi connectivity index (χ1v) is 8.72. The van der Waals surface area contributed by atoms with E-state index in [4.69, 9.17) is 0 Å². The van der Waals surface area contributed by atoms with Crippen LogP contribution in [0.15, 0.2) is 41.3 Å². The van der Waals surface area contributed by atoms with Gasteiger partial charge >= 0.3 is 5.69 Å². The molecule has 3 amide bonds. The summed E-state index contributed by atoms with van der Waals surface area (Å²) in [7, 11) is 1.65. The van der Waals surface area contributed by atoms with Crippen LogP contribution in [0, 0.1) is 0 Å². The van der Waals surface area contributed by atoms with Crippen LogP contribution in [-0.4, -0.2) is 38.3 Å². The molecule has 0 bridgehead atoms. The number of amides is 3. The molecule has 9 heteroatoms. The zero-order valence-electron chi connectivity index (χ0n) is 15.0. The molecule has 9 nitrogen and oxygen atoms in total. The Balaban J connectivity index is 1.60. The smallest absolute Gasteiger partial charge is 0.327 e. The number of imide groups is 1. The summed E-state index contributed by atoms with van der Waals surface area (Å²) < 4.78 is 1.46. The van der Waals surface area contributed by atoms with Gasteiger partial charge in [-0.25, -0.2) is 9.78 Å². The average molecular weight is 379 g/mol. The Bertz CT molecular complexity index is 1180. The topological polar surface area (TPSA) is 126 Å². The third kappa shape index (κ3) is 3.18. The van der Waals surface area contributed by atoms with Gasteiger partial charge in [-0.15, -0.1) is 0 Å². The van der Waals surface area contributed by atoms with Crippen LogP contribution in [0.25, 0.3) is 22.3 Å². The predicted octanol–water partition coefficient (Wildman–Crippen LogP) is 0.464. The molecule has 3 N–H and O–H groups in total. The van der Waals surface area contributed by atoms with Crippen molar-refractivity contribution in [2.75, 3.05) is 0 Å². The predicted molar refractivity (Wildman–Crippen MR) is 100 cm³/mol. The van der Waals surface area contributed by atoms with Crippen molar-refractivity contribution in [3.05, 3.63) is 52.6 Å². The number of hydrogen-bond donors (Lipinski definition) is 3. The first kappa shape index (κ1) is 17.7. The van der Waals surface area contributed by atoms with E-state index < -0.39 is 17.9 Å². The summed E-state index contributed by atoms with van der Waals surface area (Å²) in [6, 6.07) is 7.97. The minimum atomic E-state index is -0.735. The maximum absolute atomic E-state index is 12.6. The molecule has 1 fully saturated rings. The fourth-order valence-electron chi connectivity index (χ4n) is 3.17. The Morgan fingerprint density at radius 2 is 2.04 bits per heavy atom. The van der Waals surface area contributed by atoms with E-state index in [1.165, 1.54) is 4.57 Å². The molecular formula is C19H17N5O4. The summed E-state index contributed by atoms with van der Waals surface area (Å²) in [5, 5.41) is 4.87. The van der Waals surface area contributed by atoms with E-state index in [1.54, 1.807) is 31.4 Å². The molecule has 3 aromatic rings. The van der Waals surface area contributed by atoms with Crippen molar-refractivity contribution < 1.29 is 14.4 Å². The van der Waals surface area contributed by atoms with Crippen LogP contribution in [0.1, 0.15) is 23.2 Å². The van der Waals surface area contributed by atoms with Crippen molar-refractivity contribution in [2.24, 2.45) is 7.05 Å². The Labute approximate surface area is 158 Å². The minimum Gasteiger partial charge on any atom is -0.340 e. The second kappa shape index (κ2) is 6.76. The number of carbonyl (C=O) groups excluding carboxylic acids is 3. The van der Waals surface area contributed by atoms with Crippen LogP contribution in [0.5, 0.6) is 0 Å². The monoisotopic (exact) mass is 379 g/mol. The number of aromatic nitrogens is 3. The molecule has 1 saturated heterocycles. The number of nitrogens with zero attached hydrogens (tertiary/aromatic N) is 2. The lowest BCUT2D eigenvalue weighted by molar-refractivity contribution is -0.134. The number of pyridine rings is 1. The highest BCUT2D eigenvalue weighted by Crippen LogP contribution is 2.22. The quantitative estimate of drug-likeness (QED) is 0.570. The molecule has 0 aliphatic carbocycles. The Morgan fingerprint density at radius 3 is 2.82 bits per heavy atom. The lowest BCUT2D eigenvalue weighted by Gasteiger charge is -2.21. The number of nitrogens with one attached hydrogen (secondary N) is 3. The number of H-pyrrole nitrogens is 1. The average Bonchev–Trinajstić information content (AvgIpc) is 2.97. The van der Waals surface area contributed by atoms with Crippen LogP contribution in [0.3, 0.4) is 0 Å². The van der Waals surface area contributed by atoms with Crippen LogP contribution >= 0.6 is 0 Å². The number of benzene rings is 1. The number of carbonyl (C=O) groups is 3. The molecule has 0 spiro atoms. The number of piperidine rings is 1. The largest absolute Gasteiger partial charge is 0.340 e. The molecule has 1 unspecified atom stereocenters. The van der Waals surface area contributed by atoms with Gasteiger partial charge in [-0.05, 0) is 30.2 Å². The highest BCUT2D eigenvalue weighted by molar-refractivity contribution is 6.04. The van der Waals surface area contributed by atoms with E-state index in [1.807, 2.05) is 12.1 Å². The first-order chi connectivity index (χ1) is 13.4. The second-order valence-electron chi connectivity index (χ2n) is 6.64. The summed E-state index contributed by atoms with van der Waals surface area (Å²) in [5.74, 6) is -1.23. The van der Waals surface area contributed by atoms with Gasteiger partial charge in [-0.2, -0.15) is 0 Å². The molecule has 4 rings (SSSR count). The molecule has 0 saturated carbocycles. The highest BCUT2D eigenvalue weighted by Gasteiger charge is 2.28. The summed E-state index contributed by atoms with van der Waals surface area (Å²) in [6.07, 6.45) is 2.09. The van der Waals surface area contributed by atoms with Gasteiger partial charge in [-0.3, -0.25) is 29.3 Å². The second-order valence-corrected chi connectivity index (χ2v) is 6.64. The van der Waals surface area contributed by atoms with Crippen molar-refractivity contribution in [3.63, 3.8) is 0 Å². The van der Waals surface area contributed by atoms with E-state index >= 15 is 0 Å². The summed E-state index contributed by atoms with van der Waals surface area (Å²) in [4.78, 5) is 54.3. The number of fused-ring (bicyclic) bond motifs is 1. The molecule has 1 aromatic carbocycles. The van der Waals surface area contributed by atoms with Gasteiger partial charge in [0, 0.05) is 30.8 Å². The Morgan fingerprint density at radius 1 is 1.21 bits per heavy atom. The standard InChI is InChI=1S/C19H17N5O4/c1-24-14-8-12(9-20-16(14)23-19(24)28)10-3-2-4-11(7-10)17(26)21-13-5-6-15(25)22-18(13)27/h2-4,7-9,13H,5-6H2,1H3,(H,21,26)(H,20,23,28)(H,22,25,27). The van der Waals surface area contributed by atoms with Gasteiger partial charge in [0.25, 0.3) is 5.91 Å². The molecule has 2 aromatic heterocycles. The van der Waals surface area contributed by atoms with E-state index in [2.05, 4.69) is 20.6 Å². The number of hydrogen-bond acceptors (Lipinski definition) is 5. The summed E-state index contributed by atoms with van der Waals surface area (Å²) in [5.41, 5.74) is 2.77. The minimum absolute atomic E-state index is 0.192. The molecule has 1 aliphatic heterocycles. The zero-order valence-corrected chi connectivity index (χ0v) is 15.0. The first-order valence-electron chi connectivity index (χ1n) is 8.72. The van der Waals surface area contributed by atoms with E-state index in [9.17, 15) is 19.2 Å². The van der Waals surface area contributed by atoms with Crippen LogP contribution in [0.4, 0.5) is 0 Å². The summed E-state index contributed by atoms with van der Waals surface area (Å²) >= 11 is 0. The van der Waals surface area contributed by atoms with Crippen LogP contribution in [0.2, 0.25) is 0 Å². The van der Waals surface area contributed by atoms with E-state index in [0.29, 0.717) is 16.7 Å². The molecule has 1 atom stereocenters. The van der Waals surface area contributed by atoms with Gasteiger partial charge in [-0.1, -0.05) is 12.1 Å². The third-order valence-corrected chi connectivity index (χ3v) is 4.76. The SMILES string of the molecule is Cn1c(=O)[nH]c2ncc(-c3cccc(C(=O)NC4CCC(=O)NC4=O)c3)cc21. The molecule has 1 aliphatic rings. The number of aryl methyl sites for hydroxylation is 1. The highest BCUT2D eigenvalue weighted by atomic mass is 16.2. The van der Waals surface area contributed by atoms with Crippen molar-refractivity contribution in [1.82, 2.24) is 25.2 Å². The van der Waals surface area contributed by atoms with Crippen molar-refractivity contribution in [1.29, 1.82) is 0 Å². The number of imidazole rings is 1. The number of rotatable bonds is 3. The van der Waals surface area contributed by atoms with Gasteiger partial charge in [0.1, 0.15) is 6.04 Å². The molecule has 142 valence electrons. The lowest BCUT2D eigenvalue weighted by Crippen LogP contribution is -2.52. The number of aromatic amines is 1. The fraction of sp³-hybridized carbons (Fsp3) is 0.211. The Hall–Kier alpha value is -3.75. The molecule has 0 radical (unpaired) electrons. The van der Waals surface area contributed by atoms with Crippen molar-refractivity contribution in [3.8, 4) is 11.1 Å². The van der Waals surface area contributed by atoms with Gasteiger partial charge in [0.2, 0.25) is 11.8 Å². The van der Waals surface area contributed by atoms with Gasteiger partial charge < -0.3 is 5.32 Å². The maximum atomic E-state index is 12.6. The van der Waals surface area contributed by atoms with Crippen LogP contribution < -0.4 is 16.3 Å². The fourth-order valence-corrected chi connectivity index (χ4v) is 3.17. The third-order valence-electron chi connectivity index (χ3n) is 4.76. The molecular weight excluding hydrogens is 362 g/mol. The maximum Gasteiger partial charge on any atom is 0.327 e. The normalized spacial score (nSPS) is 16.8. The molecule has 3 heterocycles. The van der Waals surface area contributed by atoms with Gasteiger partial charge in [0.15, 0.2) is 5.65 Å². The zero-order chi connectivity index (χ0) is 19.8. The Kier molecular flexibility index (Phi) is 4.26.